The zero-order valence-corrected chi connectivity index (χ0v) is 21.0. The maximum Gasteiger partial charge on any atom is 0.408 e. The van der Waals surface area contributed by atoms with Gasteiger partial charge in [-0.3, -0.25) is 9.69 Å². The van der Waals surface area contributed by atoms with Crippen LogP contribution in [0.1, 0.15) is 56.3 Å². The number of piperidine rings is 3. The van der Waals surface area contributed by atoms with Gasteiger partial charge in [-0.1, -0.05) is 54.6 Å². The molecule has 3 aromatic rings. The van der Waals surface area contributed by atoms with E-state index >= 15 is 0 Å². The van der Waals surface area contributed by atoms with Crippen molar-refractivity contribution in [2.75, 3.05) is 19.6 Å². The number of fused-ring (bicyclic) bond motifs is 3. The van der Waals surface area contributed by atoms with Crippen molar-refractivity contribution >= 4 is 18.0 Å². The monoisotopic (exact) mass is 513 g/mol. The molecule has 6 rings (SSSR count). The first-order valence-electron chi connectivity index (χ1n) is 12.9. The van der Waals surface area contributed by atoms with Gasteiger partial charge in [0.05, 0.1) is 11.6 Å². The molecule has 2 amide bonds. The zero-order chi connectivity index (χ0) is 26.5. The van der Waals surface area contributed by atoms with E-state index in [2.05, 4.69) is 15.5 Å². The van der Waals surface area contributed by atoms with Crippen molar-refractivity contribution in [3.05, 3.63) is 107 Å². The molecule has 3 heterocycles. The largest absolute Gasteiger partial charge is 0.478 e. The summed E-state index contributed by atoms with van der Waals surface area (Å²) in [6, 6.07) is 22.7. The molecular weight excluding hydrogens is 482 g/mol. The third-order valence-corrected chi connectivity index (χ3v) is 7.39. The molecule has 196 valence electrons. The summed E-state index contributed by atoms with van der Waals surface area (Å²) in [4.78, 5) is 39.3. The van der Waals surface area contributed by atoms with Crippen LogP contribution in [0.15, 0.2) is 78.9 Å². The molecule has 0 spiro atoms. The average molecular weight is 514 g/mol. The van der Waals surface area contributed by atoms with Crippen LogP contribution < -0.4 is 10.6 Å². The Kier molecular flexibility index (Phi) is 7.70. The summed E-state index contributed by atoms with van der Waals surface area (Å²) >= 11 is 0. The molecule has 3 aliphatic heterocycles. The van der Waals surface area contributed by atoms with Crippen LogP contribution in [-0.2, 0) is 11.3 Å². The topological polar surface area (TPSA) is 108 Å². The quantitative estimate of drug-likeness (QED) is 0.416. The number of nitrogens with one attached hydrogen (secondary N) is 2. The molecule has 8 nitrogen and oxygen atoms in total. The van der Waals surface area contributed by atoms with Crippen LogP contribution in [-0.4, -0.2) is 53.7 Å². The van der Waals surface area contributed by atoms with E-state index in [0.29, 0.717) is 11.5 Å². The van der Waals surface area contributed by atoms with E-state index in [4.69, 9.17) is 9.84 Å². The molecule has 3 aliphatic rings. The van der Waals surface area contributed by atoms with Crippen LogP contribution in [0, 0.1) is 5.92 Å². The number of carbonyl (C=O) groups excluding carboxylic acids is 2. The lowest BCUT2D eigenvalue weighted by Gasteiger charge is -2.43. The molecule has 38 heavy (non-hydrogen) atoms. The second kappa shape index (κ2) is 11.5. The number of nitrogens with zero attached hydrogens (tertiary/aromatic N) is 1. The van der Waals surface area contributed by atoms with Gasteiger partial charge in [0.2, 0.25) is 0 Å². The third-order valence-electron chi connectivity index (χ3n) is 7.39. The van der Waals surface area contributed by atoms with Crippen molar-refractivity contribution in [2.45, 2.75) is 31.5 Å². The lowest BCUT2D eigenvalue weighted by molar-refractivity contribution is -0.0336. The molecule has 2 atom stereocenters. The molecule has 3 N–H and O–H groups in total. The Hall–Kier alpha value is -4.17. The van der Waals surface area contributed by atoms with Gasteiger partial charge in [-0.2, -0.15) is 0 Å². The average Bonchev–Trinajstić information content (AvgIpc) is 2.96. The van der Waals surface area contributed by atoms with Gasteiger partial charge < -0.3 is 20.5 Å². The fourth-order valence-corrected chi connectivity index (χ4v) is 5.25. The van der Waals surface area contributed by atoms with E-state index in [1.807, 2.05) is 36.4 Å². The SMILES string of the molecule is O=C(NC(c1ccccc1)c1cccc(C(=O)NCc2ccc(C(=O)O)cc2)c1)O[C@H]1CN2CCC1CC2. The number of aromatic carboxylic acids is 1. The van der Waals surface area contributed by atoms with E-state index in [9.17, 15) is 14.4 Å². The fourth-order valence-electron chi connectivity index (χ4n) is 5.25. The standard InChI is InChI=1S/C30H31N3O5/c34-28(31-18-20-9-11-23(12-10-20)29(35)36)25-8-4-7-24(17-25)27(22-5-2-1-3-6-22)32-30(37)38-26-19-33-15-13-21(26)14-16-33/h1-12,17,21,26-27H,13-16,18-19H2,(H,31,34)(H,32,37)(H,35,36)/t26-,27?/m0/s1. The number of hydrogen-bond donors (Lipinski definition) is 3. The maximum atomic E-state index is 13.0. The van der Waals surface area contributed by atoms with Gasteiger partial charge in [-0.05, 0) is 72.8 Å². The van der Waals surface area contributed by atoms with Crippen molar-refractivity contribution in [3.63, 3.8) is 0 Å². The lowest BCUT2D eigenvalue weighted by Crippen LogP contribution is -2.52. The first kappa shape index (κ1) is 25.5. The van der Waals surface area contributed by atoms with Crippen molar-refractivity contribution < 1.29 is 24.2 Å². The van der Waals surface area contributed by atoms with E-state index in [1.54, 1.807) is 30.3 Å². The Morgan fingerprint density at radius 2 is 1.61 bits per heavy atom. The molecule has 0 aliphatic carbocycles. The Labute approximate surface area is 221 Å². The third kappa shape index (κ3) is 6.03. The first-order chi connectivity index (χ1) is 18.5. The first-order valence-corrected chi connectivity index (χ1v) is 12.9. The molecule has 3 fully saturated rings. The Balaban J connectivity index is 1.28. The van der Waals surface area contributed by atoms with Gasteiger partial charge in [0, 0.05) is 18.7 Å². The highest BCUT2D eigenvalue weighted by Crippen LogP contribution is 2.30. The number of carboxylic acids is 1. The predicted molar refractivity (Wildman–Crippen MR) is 142 cm³/mol. The molecule has 0 radical (unpaired) electrons. The van der Waals surface area contributed by atoms with Crippen molar-refractivity contribution in [2.24, 2.45) is 5.92 Å². The minimum atomic E-state index is -0.994. The number of amides is 2. The van der Waals surface area contributed by atoms with Crippen LogP contribution in [0.3, 0.4) is 0 Å². The highest BCUT2D eigenvalue weighted by atomic mass is 16.6. The molecule has 8 heteroatoms. The highest BCUT2D eigenvalue weighted by Gasteiger charge is 2.36. The van der Waals surface area contributed by atoms with E-state index in [1.165, 1.54) is 12.1 Å². The maximum absolute atomic E-state index is 13.0. The molecule has 3 aromatic carbocycles. The van der Waals surface area contributed by atoms with Gasteiger partial charge in [-0.15, -0.1) is 0 Å². The van der Waals surface area contributed by atoms with E-state index < -0.39 is 18.1 Å². The second-order valence-electron chi connectivity index (χ2n) is 9.88. The number of benzene rings is 3. The Morgan fingerprint density at radius 1 is 0.895 bits per heavy atom. The highest BCUT2D eigenvalue weighted by molar-refractivity contribution is 5.94. The second-order valence-corrected chi connectivity index (χ2v) is 9.88. The molecule has 2 bridgehead atoms. The van der Waals surface area contributed by atoms with Crippen LogP contribution in [0.5, 0.6) is 0 Å². The lowest BCUT2D eigenvalue weighted by atomic mass is 9.86. The Morgan fingerprint density at radius 3 is 2.26 bits per heavy atom. The summed E-state index contributed by atoms with van der Waals surface area (Å²) in [7, 11) is 0. The summed E-state index contributed by atoms with van der Waals surface area (Å²) in [6.45, 7) is 3.18. The fraction of sp³-hybridized carbons (Fsp3) is 0.300. The minimum absolute atomic E-state index is 0.101. The van der Waals surface area contributed by atoms with E-state index in [-0.39, 0.29) is 24.1 Å². The smallest absolute Gasteiger partial charge is 0.408 e. The summed E-state index contributed by atoms with van der Waals surface area (Å²) in [5, 5.41) is 15.0. The number of carbonyl (C=O) groups is 3. The van der Waals surface area contributed by atoms with Crippen molar-refractivity contribution in [1.29, 1.82) is 0 Å². The molecule has 3 saturated heterocycles. The normalized spacial score (nSPS) is 20.8. The van der Waals surface area contributed by atoms with Gasteiger partial charge in [0.1, 0.15) is 6.10 Å². The van der Waals surface area contributed by atoms with Crippen LogP contribution in [0.4, 0.5) is 4.79 Å². The summed E-state index contributed by atoms with van der Waals surface area (Å²) in [6.07, 6.45) is 1.55. The van der Waals surface area contributed by atoms with Crippen molar-refractivity contribution in [1.82, 2.24) is 15.5 Å². The van der Waals surface area contributed by atoms with E-state index in [0.717, 1.165) is 49.2 Å². The number of carboxylic acid groups (broad SMARTS) is 1. The zero-order valence-electron chi connectivity index (χ0n) is 21.0. The molecule has 0 aromatic heterocycles. The van der Waals surface area contributed by atoms with Crippen molar-refractivity contribution in [3.8, 4) is 0 Å². The number of alkyl carbamates (subject to hydrolysis) is 1. The summed E-state index contributed by atoms with van der Waals surface area (Å²) in [5.74, 6) is -0.851. The van der Waals surface area contributed by atoms with Crippen LogP contribution in [0.2, 0.25) is 0 Å². The summed E-state index contributed by atoms with van der Waals surface area (Å²) < 4.78 is 5.88. The van der Waals surface area contributed by atoms with Gasteiger partial charge in [-0.25, -0.2) is 9.59 Å². The summed E-state index contributed by atoms with van der Waals surface area (Å²) in [5.41, 5.74) is 3.09. The van der Waals surface area contributed by atoms with Crippen LogP contribution in [0.25, 0.3) is 0 Å². The predicted octanol–water partition coefficient (Wildman–Crippen LogP) is 4.22. The minimum Gasteiger partial charge on any atom is -0.478 e. The Bertz CT molecular complexity index is 1290. The number of ether oxygens (including phenoxy) is 1. The van der Waals surface area contributed by atoms with Gasteiger partial charge in [0.25, 0.3) is 5.91 Å². The molecular formula is C30H31N3O5. The number of hydrogen-bond acceptors (Lipinski definition) is 5. The molecule has 0 saturated carbocycles. The van der Waals surface area contributed by atoms with Gasteiger partial charge >= 0.3 is 12.1 Å². The molecule has 1 unspecified atom stereocenters. The van der Waals surface area contributed by atoms with Crippen LogP contribution >= 0.6 is 0 Å². The number of rotatable bonds is 8. The van der Waals surface area contributed by atoms with Gasteiger partial charge in [0.15, 0.2) is 0 Å².